The van der Waals surface area contributed by atoms with Crippen LogP contribution in [0.25, 0.3) is 10.9 Å². The molecule has 6 rings (SSSR count). The number of aliphatic hydroxyl groups is 1. The molecule has 4 aliphatic rings. The van der Waals surface area contributed by atoms with Crippen LogP contribution in [0.2, 0.25) is 0 Å². The lowest BCUT2D eigenvalue weighted by Gasteiger charge is -2.43. The van der Waals surface area contributed by atoms with Crippen molar-refractivity contribution >= 4 is 76.1 Å². The van der Waals surface area contributed by atoms with Gasteiger partial charge in [-0.2, -0.15) is 0 Å². The summed E-state index contributed by atoms with van der Waals surface area (Å²) in [6.45, 7) is 3.03. The van der Waals surface area contributed by atoms with E-state index in [9.17, 15) is 34.5 Å². The molecule has 2 saturated heterocycles. The Labute approximate surface area is 265 Å². The molecule has 1 saturated carbocycles. The van der Waals surface area contributed by atoms with Gasteiger partial charge in [-0.25, -0.2) is 19.0 Å². The number of nitrogens with two attached hydrogens (primary N) is 1. The minimum Gasteiger partial charge on any atom is -0.477 e. The summed E-state index contributed by atoms with van der Waals surface area (Å²) in [5.41, 5.74) is 5.79. The predicted molar refractivity (Wildman–Crippen MR) is 167 cm³/mol. The van der Waals surface area contributed by atoms with Crippen molar-refractivity contribution in [2.24, 2.45) is 16.6 Å². The molecule has 3 atom stereocenters. The molecule has 1 aliphatic carbocycles. The van der Waals surface area contributed by atoms with Gasteiger partial charge in [-0.15, -0.1) is 24.0 Å². The molecule has 0 spiro atoms. The van der Waals surface area contributed by atoms with Gasteiger partial charge in [0.05, 0.1) is 29.8 Å². The summed E-state index contributed by atoms with van der Waals surface area (Å²) >= 11 is 1.19. The number of guanidine groups is 1. The van der Waals surface area contributed by atoms with Crippen LogP contribution in [0, 0.1) is 11.7 Å². The van der Waals surface area contributed by atoms with E-state index in [4.69, 9.17) is 5.73 Å². The molecule has 3 aliphatic heterocycles. The molecule has 1 amide bonds. The van der Waals surface area contributed by atoms with Crippen molar-refractivity contribution in [3.05, 3.63) is 50.5 Å². The van der Waals surface area contributed by atoms with Crippen molar-refractivity contribution < 1.29 is 34.1 Å². The Morgan fingerprint density at radius 1 is 1.14 bits per heavy atom. The van der Waals surface area contributed by atoms with Gasteiger partial charge in [-0.3, -0.25) is 14.5 Å². The summed E-state index contributed by atoms with van der Waals surface area (Å²) in [5.74, 6) is -4.14. The van der Waals surface area contributed by atoms with Crippen LogP contribution in [0.4, 0.5) is 10.1 Å². The first kappa shape index (κ1) is 31.1. The number of hydrogen-bond donors (Lipinski definition) is 4. The predicted octanol–water partition coefficient (Wildman–Crippen LogP) is 1.44. The highest BCUT2D eigenvalue weighted by Crippen LogP contribution is 2.50. The van der Waals surface area contributed by atoms with Gasteiger partial charge in [-0.1, -0.05) is 11.8 Å². The average molecular weight is 729 g/mol. The molecule has 43 heavy (non-hydrogen) atoms. The van der Waals surface area contributed by atoms with Gasteiger partial charge in [-0.05, 0) is 31.9 Å². The first-order valence-electron chi connectivity index (χ1n) is 13.5. The number of anilines is 1. The average Bonchev–Trinajstić information content (AvgIpc) is 3.73. The van der Waals surface area contributed by atoms with Gasteiger partial charge in [0.2, 0.25) is 11.3 Å². The molecule has 3 unspecified atom stereocenters. The Morgan fingerprint density at radius 2 is 1.81 bits per heavy atom. The third-order valence-electron chi connectivity index (χ3n) is 8.18. The fraction of sp³-hybridized carbons (Fsp3) is 0.444. The van der Waals surface area contributed by atoms with Crippen LogP contribution < -0.4 is 16.1 Å². The van der Waals surface area contributed by atoms with E-state index in [0.717, 1.165) is 18.9 Å². The largest absolute Gasteiger partial charge is 0.477 e. The van der Waals surface area contributed by atoms with Crippen LogP contribution in [-0.4, -0.2) is 97.7 Å². The number of amides is 1. The zero-order valence-electron chi connectivity index (χ0n) is 23.0. The van der Waals surface area contributed by atoms with Crippen LogP contribution in [0.1, 0.15) is 36.2 Å². The van der Waals surface area contributed by atoms with E-state index in [0.29, 0.717) is 42.3 Å². The molecule has 1 aromatic heterocycles. The quantitative estimate of drug-likeness (QED) is 0.140. The van der Waals surface area contributed by atoms with Crippen molar-refractivity contribution in [3.63, 3.8) is 0 Å². The van der Waals surface area contributed by atoms with E-state index in [-0.39, 0.29) is 59.2 Å². The van der Waals surface area contributed by atoms with E-state index in [1.54, 1.807) is 15.5 Å². The number of aromatic carboxylic acids is 1. The highest BCUT2D eigenvalue weighted by molar-refractivity contribution is 14.0. The lowest BCUT2D eigenvalue weighted by atomic mass is 9.92. The molecule has 4 heterocycles. The number of aliphatic hydroxyl groups excluding tert-OH is 1. The zero-order chi connectivity index (χ0) is 30.0. The van der Waals surface area contributed by atoms with Crippen LogP contribution in [0.5, 0.6) is 0 Å². The number of halogens is 2. The summed E-state index contributed by atoms with van der Waals surface area (Å²) in [5, 5.41) is 28.6. The Kier molecular flexibility index (Phi) is 8.38. The number of carbonyl (C=O) groups is 3. The Bertz CT molecular complexity index is 1650. The second kappa shape index (κ2) is 11.6. The minimum atomic E-state index is -1.35. The molecule has 2 aromatic rings. The number of benzene rings is 1. The van der Waals surface area contributed by atoms with Crippen LogP contribution >= 0.6 is 35.7 Å². The fourth-order valence-corrected chi connectivity index (χ4v) is 7.34. The Morgan fingerprint density at radius 3 is 2.40 bits per heavy atom. The molecule has 1 aromatic carbocycles. The number of β-lactam (4-membered cyclic amide) rings is 1. The van der Waals surface area contributed by atoms with E-state index >= 15 is 4.39 Å². The number of rotatable bonds is 7. The van der Waals surface area contributed by atoms with Crippen molar-refractivity contribution in [1.29, 1.82) is 0 Å². The third-order valence-corrected chi connectivity index (χ3v) is 9.53. The number of aliphatic carboxylic acids is 1. The maximum Gasteiger partial charge on any atom is 0.353 e. The molecule has 16 heteroatoms. The van der Waals surface area contributed by atoms with Gasteiger partial charge in [0.1, 0.15) is 22.5 Å². The first-order chi connectivity index (χ1) is 20.0. The lowest BCUT2D eigenvalue weighted by molar-refractivity contribution is -0.156. The number of nitrogens with zero attached hydrogens (tertiary/aromatic N) is 5. The smallest absolute Gasteiger partial charge is 0.353 e. The number of carboxylic acid groups (broad SMARTS) is 2. The van der Waals surface area contributed by atoms with Crippen LogP contribution in [0.15, 0.2) is 38.7 Å². The fourth-order valence-electron chi connectivity index (χ4n) is 5.80. The number of carbonyl (C=O) groups excluding carboxylic acids is 1. The SMILES string of the molecule is CC(O)C1C(=O)N2C(C(=O)O)=C(CN=C(N)N3CCN(c4cc5c(cc4F)c(=O)c(C(=O)O)cn5C4CC4)CC3)SC12.I. The van der Waals surface area contributed by atoms with Crippen LogP contribution in [0.3, 0.4) is 0 Å². The van der Waals surface area contributed by atoms with Crippen molar-refractivity contribution in [2.45, 2.75) is 37.3 Å². The Hall–Kier alpha value is -3.38. The van der Waals surface area contributed by atoms with Gasteiger partial charge in [0.25, 0.3) is 0 Å². The molecular weight excluding hydrogens is 698 g/mol. The van der Waals surface area contributed by atoms with Gasteiger partial charge >= 0.3 is 11.9 Å². The molecule has 230 valence electrons. The molecular formula is C27H30FIN6O7S. The standard InChI is InChI=1S/C27H29FN6O7S.HI/c1-12(35)20-23(37)34-21(26(40)41)19(42-24(20)34)10-30-27(29)32-6-4-31(5-7-32)18-9-17-14(8-16(18)28)22(36)15(25(38)39)11-33(17)13-2-3-13;/h8-9,11-13,20,24,35H,2-7,10H2,1H3,(H2,29,30)(H,38,39)(H,40,41);1H. The van der Waals surface area contributed by atoms with E-state index < -0.39 is 46.5 Å². The molecule has 3 fully saturated rings. The molecule has 0 radical (unpaired) electrons. The van der Waals surface area contributed by atoms with E-state index in [1.807, 2.05) is 4.90 Å². The number of fused-ring (bicyclic) bond motifs is 2. The van der Waals surface area contributed by atoms with Gasteiger partial charge in [0, 0.05) is 48.7 Å². The van der Waals surface area contributed by atoms with E-state index in [2.05, 4.69) is 4.99 Å². The minimum absolute atomic E-state index is 0. The normalized spacial score (nSPS) is 22.8. The van der Waals surface area contributed by atoms with Crippen molar-refractivity contribution in [1.82, 2.24) is 14.4 Å². The summed E-state index contributed by atoms with van der Waals surface area (Å²) in [6, 6.07) is 2.78. The molecule has 5 N–H and O–H groups in total. The third kappa shape index (κ3) is 5.32. The van der Waals surface area contributed by atoms with Gasteiger partial charge in [0.15, 0.2) is 5.96 Å². The Balaban J connectivity index is 0.00000368. The second-order valence-corrected chi connectivity index (χ2v) is 12.1. The number of aromatic nitrogens is 1. The van der Waals surface area contributed by atoms with Crippen LogP contribution in [-0.2, 0) is 9.59 Å². The number of thioether (sulfide) groups is 1. The number of piperazine rings is 1. The number of aliphatic imine (C=N–C) groups is 1. The number of pyridine rings is 1. The van der Waals surface area contributed by atoms with Crippen molar-refractivity contribution in [2.75, 3.05) is 37.6 Å². The topological polar surface area (TPSA) is 182 Å². The maximum absolute atomic E-state index is 15.3. The first-order valence-corrected chi connectivity index (χ1v) is 14.4. The monoisotopic (exact) mass is 728 g/mol. The van der Waals surface area contributed by atoms with Crippen molar-refractivity contribution in [3.8, 4) is 0 Å². The highest BCUT2D eigenvalue weighted by Gasteiger charge is 2.57. The maximum atomic E-state index is 15.3. The summed E-state index contributed by atoms with van der Waals surface area (Å²) in [7, 11) is 0. The summed E-state index contributed by atoms with van der Waals surface area (Å²) in [4.78, 5) is 58.2. The number of carboxylic acids is 2. The number of hydrogen-bond acceptors (Lipinski definition) is 8. The lowest BCUT2D eigenvalue weighted by Crippen LogP contribution is -2.60. The molecule has 13 nitrogen and oxygen atoms in total. The highest BCUT2D eigenvalue weighted by atomic mass is 127. The summed E-state index contributed by atoms with van der Waals surface area (Å²) < 4.78 is 17.0. The van der Waals surface area contributed by atoms with E-state index in [1.165, 1.54) is 29.8 Å². The summed E-state index contributed by atoms with van der Waals surface area (Å²) in [6.07, 6.45) is 2.14. The second-order valence-electron chi connectivity index (χ2n) is 10.8. The zero-order valence-corrected chi connectivity index (χ0v) is 26.1. The van der Waals surface area contributed by atoms with Gasteiger partial charge < -0.3 is 35.4 Å². The molecule has 0 bridgehead atoms.